The van der Waals surface area contributed by atoms with Crippen LogP contribution in [0.25, 0.3) is 0 Å². The van der Waals surface area contributed by atoms with Crippen LogP contribution in [-0.2, 0) is 14.2 Å². The lowest BCUT2D eigenvalue weighted by atomic mass is 9.72. The van der Waals surface area contributed by atoms with E-state index in [1.165, 1.54) is 0 Å². The zero-order valence-corrected chi connectivity index (χ0v) is 24.0. The molecule has 0 aromatic rings. The molecule has 246 valence electrons. The number of aliphatic hydroxyl groups excluding tert-OH is 6. The van der Waals surface area contributed by atoms with Crippen LogP contribution in [0.1, 0.15) is 25.7 Å². The van der Waals surface area contributed by atoms with Crippen LogP contribution >= 0.6 is 0 Å². The van der Waals surface area contributed by atoms with Crippen molar-refractivity contribution < 1.29 is 44.8 Å². The van der Waals surface area contributed by atoms with Gasteiger partial charge in [-0.25, -0.2) is 0 Å². The molecule has 0 spiro atoms. The van der Waals surface area contributed by atoms with Gasteiger partial charge < -0.3 is 84.2 Å². The summed E-state index contributed by atoms with van der Waals surface area (Å²) in [6.45, 7) is 0.675. The maximum atomic E-state index is 11.8. The standard InChI is InChI=1S/C26H53N7O9/c27-5-12(35)7-33-15-3-13(29)19(22(38)25(15)42-26-23(39)20(31)21(37)18(9-34)41-26)24-14(30)4-16(36)17(40-24)8-32-6-10-1-11(28)2-10/h10-26,32-39H,1-9,27-31H2/t10?,11?,12?,13-,14+,15+,16-,17+,18+,19?,20-,21+,22-,23+,24-,25-,26+/m0/s1. The van der Waals surface area contributed by atoms with Crippen molar-refractivity contribution in [1.29, 1.82) is 0 Å². The lowest BCUT2D eigenvalue weighted by molar-refractivity contribution is -0.307. The highest BCUT2D eigenvalue weighted by molar-refractivity contribution is 5.06. The van der Waals surface area contributed by atoms with Gasteiger partial charge in [0.15, 0.2) is 6.29 Å². The van der Waals surface area contributed by atoms with Crippen LogP contribution in [0, 0.1) is 11.8 Å². The number of hydrogen-bond donors (Lipinski definition) is 13. The molecule has 0 bridgehead atoms. The molecule has 15 atom stereocenters. The van der Waals surface area contributed by atoms with Gasteiger partial charge in [-0.3, -0.25) is 0 Å². The van der Waals surface area contributed by atoms with E-state index in [1.54, 1.807) is 0 Å². The normalized spacial score (nSPS) is 48.9. The maximum Gasteiger partial charge on any atom is 0.186 e. The van der Waals surface area contributed by atoms with Gasteiger partial charge in [-0.1, -0.05) is 0 Å². The molecule has 16 heteroatoms. The quantitative estimate of drug-likeness (QED) is 0.0980. The predicted molar refractivity (Wildman–Crippen MR) is 150 cm³/mol. The van der Waals surface area contributed by atoms with Crippen LogP contribution in [0.15, 0.2) is 0 Å². The zero-order valence-electron chi connectivity index (χ0n) is 24.0. The summed E-state index contributed by atoms with van der Waals surface area (Å²) >= 11 is 0. The summed E-state index contributed by atoms with van der Waals surface area (Å²) in [7, 11) is 0. The molecule has 18 N–H and O–H groups in total. The summed E-state index contributed by atoms with van der Waals surface area (Å²) in [4.78, 5) is 0. The molecule has 16 nitrogen and oxygen atoms in total. The largest absolute Gasteiger partial charge is 0.394 e. The Balaban J connectivity index is 1.49. The SMILES string of the molecule is NCC(O)CN[C@@H]1C[C@H](N)C([C@H]2O[C@H](CNCC3CC(N)C3)[C@@H](O)C[C@H]2N)[C@H](O)[C@H]1O[C@H]1O[C@H](CO)[C@@H](O)[C@H](N)[C@H]1O. The topological polar surface area (TPSA) is 303 Å². The van der Waals surface area contributed by atoms with Crippen molar-refractivity contribution in [3.8, 4) is 0 Å². The first-order chi connectivity index (χ1) is 19.9. The molecule has 2 saturated heterocycles. The van der Waals surface area contributed by atoms with E-state index >= 15 is 0 Å². The minimum Gasteiger partial charge on any atom is -0.394 e. The van der Waals surface area contributed by atoms with Gasteiger partial charge in [0.05, 0.1) is 43.2 Å². The van der Waals surface area contributed by atoms with Crippen LogP contribution in [0.4, 0.5) is 0 Å². The third kappa shape index (κ3) is 7.77. The second kappa shape index (κ2) is 15.1. The molecule has 2 unspecified atom stereocenters. The summed E-state index contributed by atoms with van der Waals surface area (Å²) in [5.41, 5.74) is 30.5. The summed E-state index contributed by atoms with van der Waals surface area (Å²) in [6.07, 6.45) is -8.19. The number of aliphatic hydroxyl groups is 6. The van der Waals surface area contributed by atoms with Crippen LogP contribution in [0.5, 0.6) is 0 Å². The monoisotopic (exact) mass is 607 g/mol. The molecule has 0 amide bonds. The van der Waals surface area contributed by atoms with E-state index < -0.39 is 97.9 Å². The Kier molecular flexibility index (Phi) is 12.3. The second-order valence-electron chi connectivity index (χ2n) is 12.6. The maximum absolute atomic E-state index is 11.8. The van der Waals surface area contributed by atoms with Crippen LogP contribution in [-0.4, -0.2) is 155 Å². The Morgan fingerprint density at radius 3 is 2.21 bits per heavy atom. The lowest BCUT2D eigenvalue weighted by Gasteiger charge is -2.51. The second-order valence-corrected chi connectivity index (χ2v) is 12.6. The first-order valence-electron chi connectivity index (χ1n) is 15.1. The molecule has 4 aliphatic rings. The Bertz CT molecular complexity index is 831. The van der Waals surface area contributed by atoms with Crippen molar-refractivity contribution >= 4 is 0 Å². The average molecular weight is 608 g/mol. The zero-order chi connectivity index (χ0) is 30.7. The molecule has 2 heterocycles. The summed E-state index contributed by atoms with van der Waals surface area (Å²) < 4.78 is 18.1. The molecular weight excluding hydrogens is 554 g/mol. The van der Waals surface area contributed by atoms with E-state index in [2.05, 4.69) is 10.6 Å². The van der Waals surface area contributed by atoms with Gasteiger partial charge in [-0.05, 0) is 38.1 Å². The van der Waals surface area contributed by atoms with E-state index in [0.717, 1.165) is 19.4 Å². The van der Waals surface area contributed by atoms with Gasteiger partial charge in [0.1, 0.15) is 24.4 Å². The molecule has 42 heavy (non-hydrogen) atoms. The molecular formula is C26H53N7O9. The van der Waals surface area contributed by atoms with E-state index in [4.69, 9.17) is 42.9 Å². The first-order valence-corrected chi connectivity index (χ1v) is 15.1. The fourth-order valence-electron chi connectivity index (χ4n) is 6.76. The molecule has 0 radical (unpaired) electrons. The van der Waals surface area contributed by atoms with Gasteiger partial charge in [-0.15, -0.1) is 0 Å². The third-order valence-electron chi connectivity index (χ3n) is 9.39. The highest BCUT2D eigenvalue weighted by Gasteiger charge is 2.53. The van der Waals surface area contributed by atoms with Gasteiger partial charge >= 0.3 is 0 Å². The molecule has 4 rings (SSSR count). The molecule has 2 aliphatic heterocycles. The fourth-order valence-corrected chi connectivity index (χ4v) is 6.76. The molecule has 4 fully saturated rings. The van der Waals surface area contributed by atoms with Crippen molar-refractivity contribution in [3.63, 3.8) is 0 Å². The Morgan fingerprint density at radius 1 is 0.857 bits per heavy atom. The number of hydrogen-bond acceptors (Lipinski definition) is 16. The van der Waals surface area contributed by atoms with E-state index in [-0.39, 0.29) is 32.0 Å². The third-order valence-corrected chi connectivity index (χ3v) is 9.39. The Labute approximate surface area is 246 Å². The molecule has 2 aliphatic carbocycles. The number of rotatable bonds is 12. The number of nitrogens with one attached hydrogen (secondary N) is 2. The minimum absolute atomic E-state index is 0.00785. The summed E-state index contributed by atoms with van der Waals surface area (Å²) in [6, 6.07) is -2.79. The smallest absolute Gasteiger partial charge is 0.186 e. The minimum atomic E-state index is -1.47. The van der Waals surface area contributed by atoms with E-state index in [9.17, 15) is 30.6 Å². The van der Waals surface area contributed by atoms with Crippen molar-refractivity contribution in [3.05, 3.63) is 0 Å². The number of nitrogens with two attached hydrogens (primary N) is 5. The highest BCUT2D eigenvalue weighted by Crippen LogP contribution is 2.37. The fraction of sp³-hybridized carbons (Fsp3) is 1.00. The van der Waals surface area contributed by atoms with Crippen LogP contribution in [0.2, 0.25) is 0 Å². The van der Waals surface area contributed by atoms with Gasteiger partial charge in [0.25, 0.3) is 0 Å². The van der Waals surface area contributed by atoms with Crippen LogP contribution in [0.3, 0.4) is 0 Å². The van der Waals surface area contributed by atoms with Gasteiger partial charge in [0, 0.05) is 49.7 Å². The number of ether oxygens (including phenoxy) is 3. The molecule has 0 aromatic heterocycles. The highest BCUT2D eigenvalue weighted by atomic mass is 16.7. The molecule has 2 saturated carbocycles. The van der Waals surface area contributed by atoms with Gasteiger partial charge in [-0.2, -0.15) is 0 Å². The van der Waals surface area contributed by atoms with Crippen molar-refractivity contribution in [1.82, 2.24) is 10.6 Å². The van der Waals surface area contributed by atoms with Crippen LogP contribution < -0.4 is 39.3 Å². The first kappa shape index (κ1) is 34.2. The predicted octanol–water partition coefficient (Wildman–Crippen LogP) is -6.70. The summed E-state index contributed by atoms with van der Waals surface area (Å²) in [5.74, 6) is -0.236. The van der Waals surface area contributed by atoms with Crippen molar-refractivity contribution in [2.24, 2.45) is 40.5 Å². The molecule has 0 aromatic carbocycles. The summed E-state index contributed by atoms with van der Waals surface area (Å²) in [5, 5.41) is 69.7. The average Bonchev–Trinajstić information content (AvgIpc) is 2.94. The van der Waals surface area contributed by atoms with E-state index in [0.29, 0.717) is 12.5 Å². The Hall–Kier alpha value is -0.640. The van der Waals surface area contributed by atoms with E-state index in [1.807, 2.05) is 0 Å². The lowest BCUT2D eigenvalue weighted by Crippen LogP contribution is -2.70. The van der Waals surface area contributed by atoms with Gasteiger partial charge in [0.2, 0.25) is 0 Å². The van der Waals surface area contributed by atoms with Crippen molar-refractivity contribution in [2.45, 2.75) is 117 Å². The van der Waals surface area contributed by atoms with Crippen molar-refractivity contribution in [2.75, 3.05) is 32.8 Å². The Morgan fingerprint density at radius 2 is 1.57 bits per heavy atom.